The van der Waals surface area contributed by atoms with Gasteiger partial charge in [-0.1, -0.05) is 26.5 Å². The number of amides is 2. The number of anilines is 2. The van der Waals surface area contributed by atoms with Crippen LogP contribution in [-0.4, -0.2) is 77.1 Å². The lowest BCUT2D eigenvalue weighted by molar-refractivity contribution is -0.135. The SMILES string of the molecule is C=CC(=O)N1CCC=C(c2c(C3CC3)nc(N3CCN(C(=O)CCO)[C@H](C(C)C)C3)c(N)c2C)C1. The standard InChI is InChI=1S/C27H39N5O3/c1-5-22(34)30-11-6-7-20(15-30)24-18(4)25(28)27(29-26(24)19-8-9-19)31-12-13-32(23(35)10-14-33)21(16-31)17(2)3/h5,7,17,19,21,33H,1,6,8-16,28H2,2-4H3/t21-/m0/s1. The van der Waals surface area contributed by atoms with E-state index in [2.05, 4.69) is 38.3 Å². The number of hydrogen-bond donors (Lipinski definition) is 2. The number of aliphatic hydroxyl groups excluding tert-OH is 1. The van der Waals surface area contributed by atoms with Crippen LogP contribution in [0.15, 0.2) is 18.7 Å². The summed E-state index contributed by atoms with van der Waals surface area (Å²) in [7, 11) is 0. The molecule has 0 aromatic carbocycles. The van der Waals surface area contributed by atoms with Gasteiger partial charge < -0.3 is 25.5 Å². The summed E-state index contributed by atoms with van der Waals surface area (Å²) in [5.41, 5.74) is 11.8. The Balaban J connectivity index is 1.67. The van der Waals surface area contributed by atoms with Gasteiger partial charge in [-0.15, -0.1) is 0 Å². The molecule has 1 aromatic rings. The molecular weight excluding hydrogens is 442 g/mol. The third-order valence-corrected chi connectivity index (χ3v) is 7.56. The Bertz CT molecular complexity index is 1030. The maximum Gasteiger partial charge on any atom is 0.246 e. The molecule has 4 rings (SSSR count). The molecule has 3 N–H and O–H groups in total. The molecule has 1 aliphatic carbocycles. The molecule has 2 amide bonds. The second-order valence-corrected chi connectivity index (χ2v) is 10.3. The molecule has 0 unspecified atom stereocenters. The zero-order valence-corrected chi connectivity index (χ0v) is 21.3. The Kier molecular flexibility index (Phi) is 7.50. The third kappa shape index (κ3) is 5.08. The molecule has 3 heterocycles. The van der Waals surface area contributed by atoms with Gasteiger partial charge in [-0.2, -0.15) is 0 Å². The molecule has 0 bridgehead atoms. The van der Waals surface area contributed by atoms with E-state index < -0.39 is 0 Å². The van der Waals surface area contributed by atoms with Crippen molar-refractivity contribution in [1.82, 2.24) is 14.8 Å². The van der Waals surface area contributed by atoms with Crippen molar-refractivity contribution in [2.75, 3.05) is 50.0 Å². The number of aliphatic hydroxyl groups is 1. The summed E-state index contributed by atoms with van der Waals surface area (Å²) in [5.74, 6) is 1.45. The Morgan fingerprint density at radius 2 is 2.03 bits per heavy atom. The monoisotopic (exact) mass is 481 g/mol. The third-order valence-electron chi connectivity index (χ3n) is 7.56. The number of rotatable bonds is 7. The van der Waals surface area contributed by atoms with Gasteiger partial charge in [0.2, 0.25) is 11.8 Å². The Morgan fingerprint density at radius 3 is 2.66 bits per heavy atom. The lowest BCUT2D eigenvalue weighted by Crippen LogP contribution is -2.57. The molecule has 1 saturated heterocycles. The summed E-state index contributed by atoms with van der Waals surface area (Å²) < 4.78 is 0. The smallest absolute Gasteiger partial charge is 0.246 e. The van der Waals surface area contributed by atoms with Gasteiger partial charge in [0.1, 0.15) is 0 Å². The van der Waals surface area contributed by atoms with Gasteiger partial charge in [-0.3, -0.25) is 9.59 Å². The van der Waals surface area contributed by atoms with Crippen molar-refractivity contribution in [3.8, 4) is 0 Å². The lowest BCUT2D eigenvalue weighted by atomic mass is 9.92. The molecule has 0 radical (unpaired) electrons. The maximum absolute atomic E-state index is 12.6. The van der Waals surface area contributed by atoms with Crippen LogP contribution < -0.4 is 10.6 Å². The summed E-state index contributed by atoms with van der Waals surface area (Å²) in [6, 6.07) is 0.0351. The molecule has 0 spiro atoms. The molecule has 8 heteroatoms. The van der Waals surface area contributed by atoms with Crippen molar-refractivity contribution in [3.63, 3.8) is 0 Å². The van der Waals surface area contributed by atoms with E-state index in [1.54, 1.807) is 0 Å². The Hall–Kier alpha value is -2.87. The van der Waals surface area contributed by atoms with Gasteiger partial charge in [-0.25, -0.2) is 4.98 Å². The first kappa shape index (κ1) is 25.2. The first-order valence-corrected chi connectivity index (χ1v) is 12.8. The maximum atomic E-state index is 12.6. The topological polar surface area (TPSA) is 103 Å². The summed E-state index contributed by atoms with van der Waals surface area (Å²) in [6.45, 7) is 13.0. The Morgan fingerprint density at radius 1 is 1.29 bits per heavy atom. The van der Waals surface area contributed by atoms with Crippen molar-refractivity contribution >= 4 is 28.9 Å². The number of aromatic nitrogens is 1. The number of pyridine rings is 1. The molecule has 1 aromatic heterocycles. The minimum Gasteiger partial charge on any atom is -0.396 e. The van der Waals surface area contributed by atoms with Crippen molar-refractivity contribution in [3.05, 3.63) is 35.6 Å². The molecule has 2 fully saturated rings. The van der Waals surface area contributed by atoms with Crippen LogP contribution in [0.4, 0.5) is 11.5 Å². The molecule has 2 aliphatic heterocycles. The highest BCUT2D eigenvalue weighted by Gasteiger charge is 2.36. The predicted molar refractivity (Wildman–Crippen MR) is 139 cm³/mol. The van der Waals surface area contributed by atoms with Crippen LogP contribution in [0.3, 0.4) is 0 Å². The number of carbonyl (C=O) groups is 2. The fraction of sp³-hybridized carbons (Fsp3) is 0.593. The quantitative estimate of drug-likeness (QED) is 0.581. The molecule has 1 saturated carbocycles. The number of nitrogens with zero attached hydrogens (tertiary/aromatic N) is 4. The molecule has 8 nitrogen and oxygen atoms in total. The zero-order chi connectivity index (χ0) is 25.3. The number of nitrogen functional groups attached to an aromatic ring is 1. The van der Waals surface area contributed by atoms with Crippen LogP contribution in [0.5, 0.6) is 0 Å². The van der Waals surface area contributed by atoms with Crippen molar-refractivity contribution in [1.29, 1.82) is 0 Å². The fourth-order valence-electron chi connectivity index (χ4n) is 5.39. The van der Waals surface area contributed by atoms with Crippen LogP contribution in [0.25, 0.3) is 5.57 Å². The first-order chi connectivity index (χ1) is 16.8. The van der Waals surface area contributed by atoms with Gasteiger partial charge in [-0.05, 0) is 49.3 Å². The minimum atomic E-state index is -0.130. The van der Waals surface area contributed by atoms with Crippen molar-refractivity contribution < 1.29 is 14.7 Å². The Labute approximate surface area is 208 Å². The second-order valence-electron chi connectivity index (χ2n) is 10.3. The van der Waals surface area contributed by atoms with Crippen LogP contribution >= 0.6 is 0 Å². The van der Waals surface area contributed by atoms with Crippen LogP contribution in [0.1, 0.15) is 62.3 Å². The summed E-state index contributed by atoms with van der Waals surface area (Å²) >= 11 is 0. The van der Waals surface area contributed by atoms with Gasteiger partial charge in [0, 0.05) is 50.6 Å². The normalized spacial score (nSPS) is 20.8. The van der Waals surface area contributed by atoms with Gasteiger partial charge in [0.05, 0.1) is 24.0 Å². The van der Waals surface area contributed by atoms with Crippen molar-refractivity contribution in [2.45, 2.75) is 58.4 Å². The summed E-state index contributed by atoms with van der Waals surface area (Å²) in [4.78, 5) is 36.0. The van der Waals surface area contributed by atoms with Crippen LogP contribution in [-0.2, 0) is 9.59 Å². The lowest BCUT2D eigenvalue weighted by Gasteiger charge is -2.44. The van der Waals surface area contributed by atoms with E-state index in [4.69, 9.17) is 10.7 Å². The molecule has 1 atom stereocenters. The highest BCUT2D eigenvalue weighted by atomic mass is 16.3. The number of piperazine rings is 1. The summed E-state index contributed by atoms with van der Waals surface area (Å²) in [6.07, 6.45) is 6.79. The average Bonchev–Trinajstić information content (AvgIpc) is 3.70. The second kappa shape index (κ2) is 10.4. The average molecular weight is 482 g/mol. The predicted octanol–water partition coefficient (Wildman–Crippen LogP) is 2.71. The number of nitrogens with two attached hydrogens (primary N) is 1. The highest BCUT2D eigenvalue weighted by molar-refractivity contribution is 5.90. The summed E-state index contributed by atoms with van der Waals surface area (Å²) in [5, 5.41) is 9.26. The van der Waals surface area contributed by atoms with E-state index in [1.807, 2.05) is 9.80 Å². The first-order valence-electron chi connectivity index (χ1n) is 12.8. The molecule has 3 aliphatic rings. The minimum absolute atomic E-state index is 0.000148. The van der Waals surface area contributed by atoms with E-state index >= 15 is 0 Å². The highest BCUT2D eigenvalue weighted by Crippen LogP contribution is 2.46. The van der Waals surface area contributed by atoms with E-state index in [0.29, 0.717) is 44.3 Å². The fourth-order valence-corrected chi connectivity index (χ4v) is 5.39. The largest absolute Gasteiger partial charge is 0.396 e. The van der Waals surface area contributed by atoms with Gasteiger partial charge >= 0.3 is 0 Å². The molecule has 190 valence electrons. The van der Waals surface area contributed by atoms with E-state index in [-0.39, 0.29) is 36.8 Å². The van der Waals surface area contributed by atoms with E-state index in [0.717, 1.165) is 47.5 Å². The zero-order valence-electron chi connectivity index (χ0n) is 21.3. The number of carbonyl (C=O) groups excluding carboxylic acids is 2. The van der Waals surface area contributed by atoms with Crippen LogP contribution in [0.2, 0.25) is 0 Å². The molecular formula is C27H39N5O3. The van der Waals surface area contributed by atoms with Gasteiger partial charge in [0.25, 0.3) is 0 Å². The van der Waals surface area contributed by atoms with Crippen LogP contribution in [0, 0.1) is 12.8 Å². The van der Waals surface area contributed by atoms with E-state index in [9.17, 15) is 14.7 Å². The number of hydrogen-bond acceptors (Lipinski definition) is 6. The van der Waals surface area contributed by atoms with E-state index in [1.165, 1.54) is 6.08 Å². The van der Waals surface area contributed by atoms with Crippen molar-refractivity contribution in [2.24, 2.45) is 5.92 Å². The van der Waals surface area contributed by atoms with Gasteiger partial charge in [0.15, 0.2) is 5.82 Å². The molecule has 35 heavy (non-hydrogen) atoms.